The van der Waals surface area contributed by atoms with Crippen LogP contribution in [0.3, 0.4) is 0 Å². The Morgan fingerprint density at radius 1 is 0.871 bits per heavy atom. The number of hydrogen-bond acceptors (Lipinski definition) is 10. The highest BCUT2D eigenvalue weighted by Gasteiger charge is 2.29. The number of aliphatic hydroxyl groups is 1. The first-order chi connectivity index (χ1) is 30.0. The number of carbonyl (C=O) groups excluding carboxylic acids is 4. The van der Waals surface area contributed by atoms with Crippen LogP contribution in [0.5, 0.6) is 11.5 Å². The Labute approximate surface area is 368 Å². The molecule has 3 aliphatic rings. The zero-order chi connectivity index (χ0) is 43.6. The number of phenolic OH excluding ortho intramolecular Hbond substituents is 1. The van der Waals surface area contributed by atoms with Gasteiger partial charge in [0, 0.05) is 62.1 Å². The monoisotopic (exact) mass is 862 g/mol. The fraction of sp³-hybridized carbons (Fsp3) is 0.400. The number of benzene rings is 4. The Bertz CT molecular complexity index is 2270. The number of halogens is 1. The molecule has 62 heavy (non-hydrogen) atoms. The van der Waals surface area contributed by atoms with Gasteiger partial charge in [0.25, 0.3) is 0 Å². The molecule has 2 N–H and O–H groups in total. The van der Waals surface area contributed by atoms with Gasteiger partial charge in [-0.3, -0.25) is 19.2 Å². The molecule has 12 heteroatoms. The maximum Gasteiger partial charge on any atom is 0.310 e. The molecule has 326 valence electrons. The normalized spacial score (nSPS) is 17.1. The first-order valence-electron chi connectivity index (χ1n) is 21.6. The lowest BCUT2D eigenvalue weighted by molar-refractivity contribution is -0.150. The van der Waals surface area contributed by atoms with Crippen LogP contribution in [0.1, 0.15) is 78.0 Å². The lowest BCUT2D eigenvalue weighted by atomic mass is 9.88. The van der Waals surface area contributed by atoms with Gasteiger partial charge >= 0.3 is 11.9 Å². The van der Waals surface area contributed by atoms with Crippen LogP contribution in [0.4, 0.5) is 0 Å². The van der Waals surface area contributed by atoms with Crippen molar-refractivity contribution >= 4 is 41.3 Å². The van der Waals surface area contributed by atoms with Crippen LogP contribution in [0.25, 0.3) is 17.2 Å². The highest BCUT2D eigenvalue weighted by Crippen LogP contribution is 2.35. The number of ketones is 1. The van der Waals surface area contributed by atoms with Gasteiger partial charge in [0.05, 0.1) is 32.7 Å². The van der Waals surface area contributed by atoms with Gasteiger partial charge in [0.2, 0.25) is 5.91 Å². The second kappa shape index (κ2) is 21.1. The topological polar surface area (TPSA) is 143 Å². The lowest BCUT2D eigenvalue weighted by Crippen LogP contribution is -2.40. The second-order valence-corrected chi connectivity index (χ2v) is 16.9. The predicted molar refractivity (Wildman–Crippen MR) is 237 cm³/mol. The number of fused-ring (bicyclic) bond motifs is 1. The maximum atomic E-state index is 13.2. The van der Waals surface area contributed by atoms with E-state index >= 15 is 0 Å². The summed E-state index contributed by atoms with van der Waals surface area (Å²) in [5.41, 5.74) is 6.38. The number of rotatable bonds is 17. The summed E-state index contributed by atoms with van der Waals surface area (Å²) >= 11 is 6.65. The predicted octanol–water partition coefficient (Wildman–Crippen LogP) is 7.49. The van der Waals surface area contributed by atoms with E-state index in [2.05, 4.69) is 4.90 Å². The molecule has 0 spiro atoms. The number of aromatic hydroxyl groups is 1. The molecule has 0 radical (unpaired) electrons. The smallest absolute Gasteiger partial charge is 0.310 e. The number of carbonyl (C=O) groups is 4. The number of hydrogen-bond donors (Lipinski definition) is 2. The van der Waals surface area contributed by atoms with Gasteiger partial charge in [-0.2, -0.15) is 0 Å². The van der Waals surface area contributed by atoms with Crippen LogP contribution in [0.15, 0.2) is 84.9 Å². The van der Waals surface area contributed by atoms with Gasteiger partial charge in [-0.15, -0.1) is 0 Å². The second-order valence-electron chi connectivity index (χ2n) is 16.5. The number of phenols is 1. The van der Waals surface area contributed by atoms with E-state index in [-0.39, 0.29) is 61.3 Å². The third-order valence-electron chi connectivity index (χ3n) is 12.3. The van der Waals surface area contributed by atoms with Gasteiger partial charge in [0.1, 0.15) is 17.6 Å². The molecule has 0 bridgehead atoms. The molecular formula is C50H55ClN2O9. The standard InChI is InChI=1S/C50H55ClN2O9/c1-60-47-27-37(44(51)26-36(47)11-7-13-45(55)42-16-17-46(56)43-30-38(54)14-15-41(42)43)29-49(58)61-32-33-18-25-53(31-33)48(57)21-24-52-22-19-39(20-23-52)62-50(59)28-35-10-5-6-12-40(35)34-8-3-2-4-9-34/h2-6,8-10,12,14-17,26-27,33,39,45,55-56H,7,11,13,18-25,28-32H2,1H3/t33-,45-/m0/s1. The molecule has 4 aromatic carbocycles. The third kappa shape index (κ3) is 11.5. The molecule has 2 fully saturated rings. The number of amides is 1. The molecular weight excluding hydrogens is 808 g/mol. The number of piperidine rings is 1. The molecule has 0 unspecified atom stereocenters. The van der Waals surface area contributed by atoms with Crippen LogP contribution in [0, 0.1) is 5.92 Å². The number of ether oxygens (including phenoxy) is 3. The van der Waals surface area contributed by atoms with E-state index in [9.17, 15) is 29.4 Å². The third-order valence-corrected chi connectivity index (χ3v) is 12.6. The molecule has 2 aliphatic heterocycles. The van der Waals surface area contributed by atoms with Crippen molar-refractivity contribution in [1.29, 1.82) is 0 Å². The number of methoxy groups -OCH3 is 1. The summed E-state index contributed by atoms with van der Waals surface area (Å²) in [4.78, 5) is 55.0. The molecule has 0 saturated carbocycles. The summed E-state index contributed by atoms with van der Waals surface area (Å²) in [5, 5.41) is 21.7. The van der Waals surface area contributed by atoms with Crippen LogP contribution >= 0.6 is 11.6 Å². The van der Waals surface area contributed by atoms with Gasteiger partial charge in [-0.25, -0.2) is 0 Å². The minimum Gasteiger partial charge on any atom is -0.508 e. The molecule has 2 saturated heterocycles. The van der Waals surface area contributed by atoms with Gasteiger partial charge < -0.3 is 34.2 Å². The van der Waals surface area contributed by atoms with E-state index in [1.54, 1.807) is 31.4 Å². The van der Waals surface area contributed by atoms with Crippen LogP contribution in [-0.2, 0) is 54.3 Å². The quantitative estimate of drug-likeness (QED) is 0.103. The Morgan fingerprint density at radius 3 is 2.42 bits per heavy atom. The average Bonchev–Trinajstić information content (AvgIpc) is 3.76. The molecule has 4 aromatic rings. The van der Waals surface area contributed by atoms with Crippen molar-refractivity contribution in [2.45, 2.75) is 76.4 Å². The number of likely N-dealkylation sites (tertiary alicyclic amines) is 2. The summed E-state index contributed by atoms with van der Waals surface area (Å²) in [6.07, 6.45) is 6.75. The Kier molecular flexibility index (Phi) is 15.1. The van der Waals surface area contributed by atoms with Crippen molar-refractivity contribution in [3.8, 4) is 22.6 Å². The van der Waals surface area contributed by atoms with E-state index < -0.39 is 12.1 Å². The van der Waals surface area contributed by atoms with Crippen LogP contribution in [0.2, 0.25) is 5.02 Å². The van der Waals surface area contributed by atoms with Crippen molar-refractivity contribution in [1.82, 2.24) is 9.80 Å². The lowest BCUT2D eigenvalue weighted by Gasteiger charge is -2.31. The Balaban J connectivity index is 0.791. The zero-order valence-corrected chi connectivity index (χ0v) is 36.0. The van der Waals surface area contributed by atoms with E-state index in [1.165, 1.54) is 12.1 Å². The fourth-order valence-corrected chi connectivity index (χ4v) is 9.04. The fourth-order valence-electron chi connectivity index (χ4n) is 8.78. The van der Waals surface area contributed by atoms with E-state index in [1.807, 2.05) is 59.5 Å². The number of aryl methyl sites for hydroxylation is 1. The van der Waals surface area contributed by atoms with E-state index in [0.29, 0.717) is 78.3 Å². The van der Waals surface area contributed by atoms with Crippen LogP contribution in [-0.4, -0.2) is 96.2 Å². The summed E-state index contributed by atoms with van der Waals surface area (Å²) in [6.45, 7) is 3.57. The minimum absolute atomic E-state index is 0.0242. The Hall–Kier alpha value is -5.49. The average molecular weight is 863 g/mol. The van der Waals surface area contributed by atoms with Crippen LogP contribution < -0.4 is 4.74 Å². The van der Waals surface area contributed by atoms with Gasteiger partial charge in [-0.05, 0) is 102 Å². The number of nitrogens with zero attached hydrogens (tertiary/aromatic N) is 2. The first kappa shape index (κ1) is 44.6. The number of aliphatic hydroxyl groups excluding tert-OH is 1. The molecule has 1 aliphatic carbocycles. The summed E-state index contributed by atoms with van der Waals surface area (Å²) in [6, 6.07) is 24.7. The van der Waals surface area contributed by atoms with Crippen molar-refractivity contribution in [3.05, 3.63) is 123 Å². The van der Waals surface area contributed by atoms with Gasteiger partial charge in [0.15, 0.2) is 5.78 Å². The minimum atomic E-state index is -0.793. The summed E-state index contributed by atoms with van der Waals surface area (Å²) < 4.78 is 17.2. The van der Waals surface area contributed by atoms with E-state index in [4.69, 9.17) is 25.8 Å². The molecule has 2 heterocycles. The molecule has 2 atom stereocenters. The highest BCUT2D eigenvalue weighted by molar-refractivity contribution is 6.31. The molecule has 7 rings (SSSR count). The summed E-state index contributed by atoms with van der Waals surface area (Å²) in [7, 11) is 1.56. The molecule has 11 nitrogen and oxygen atoms in total. The first-order valence-corrected chi connectivity index (χ1v) is 22.0. The van der Waals surface area contributed by atoms with Crippen molar-refractivity contribution in [2.24, 2.45) is 5.92 Å². The number of esters is 2. The van der Waals surface area contributed by atoms with Crippen molar-refractivity contribution in [3.63, 3.8) is 0 Å². The van der Waals surface area contributed by atoms with E-state index in [0.717, 1.165) is 54.6 Å². The van der Waals surface area contributed by atoms with Crippen molar-refractivity contribution in [2.75, 3.05) is 46.4 Å². The zero-order valence-electron chi connectivity index (χ0n) is 35.2. The largest absolute Gasteiger partial charge is 0.508 e. The SMILES string of the molecule is COc1cc(CC(=O)OC[C@H]2CCN(C(=O)CCN3CCC(OC(=O)Cc4ccccc4-c4ccccc4)CC3)C2)c(Cl)cc1CCC[C@H](O)c1ccc(O)c2c1C=CC(=O)C2. The highest BCUT2D eigenvalue weighted by atomic mass is 35.5. The summed E-state index contributed by atoms with van der Waals surface area (Å²) in [5.74, 6) is 0.0599. The molecule has 1 amide bonds. The number of allylic oxidation sites excluding steroid dienone is 1. The molecule has 0 aromatic heterocycles. The Morgan fingerprint density at radius 2 is 1.63 bits per heavy atom. The maximum absolute atomic E-state index is 13.2. The van der Waals surface area contributed by atoms with Gasteiger partial charge in [-0.1, -0.05) is 78.3 Å². The van der Waals surface area contributed by atoms with Crippen molar-refractivity contribution < 1.29 is 43.6 Å².